The maximum Gasteiger partial charge on any atom is 0.309 e. The third kappa shape index (κ3) is 6.38. The number of nitrogens with zero attached hydrogens (tertiary/aromatic N) is 2. The molecule has 3 fully saturated rings. The molecule has 1 N–H and O–H groups in total. The molecule has 3 aliphatic rings. The number of aliphatic hydroxyl groups excluding tert-OH is 1. The molecule has 2 aromatic rings. The van der Waals surface area contributed by atoms with Gasteiger partial charge in [-0.2, -0.15) is 0 Å². The molecule has 196 valence electrons. The van der Waals surface area contributed by atoms with Crippen LogP contribution in [0.5, 0.6) is 5.75 Å². The molecule has 3 unspecified atom stereocenters. The van der Waals surface area contributed by atoms with E-state index in [2.05, 4.69) is 42.2 Å². The van der Waals surface area contributed by atoms with Gasteiger partial charge in [0.15, 0.2) is 0 Å². The van der Waals surface area contributed by atoms with Crippen LogP contribution in [0, 0.1) is 17.8 Å². The normalized spacial score (nSPS) is 26.3. The molecule has 1 aliphatic heterocycles. The van der Waals surface area contributed by atoms with E-state index in [4.69, 9.17) is 14.5 Å². The lowest BCUT2D eigenvalue weighted by Gasteiger charge is -2.30. The third-order valence-corrected chi connectivity index (χ3v) is 8.72. The molecule has 0 amide bonds. The highest BCUT2D eigenvalue weighted by molar-refractivity contribution is 5.80. The Labute approximate surface area is 215 Å². The van der Waals surface area contributed by atoms with Crippen molar-refractivity contribution in [3.05, 3.63) is 36.0 Å². The van der Waals surface area contributed by atoms with E-state index in [1.807, 2.05) is 0 Å². The van der Waals surface area contributed by atoms with E-state index in [-0.39, 0.29) is 23.9 Å². The summed E-state index contributed by atoms with van der Waals surface area (Å²) < 4.78 is 11.8. The van der Waals surface area contributed by atoms with Gasteiger partial charge in [0.05, 0.1) is 35.9 Å². The monoisotopic (exact) mass is 494 g/mol. The summed E-state index contributed by atoms with van der Waals surface area (Å²) in [6.45, 7) is 5.18. The number of carbonyl (C=O) groups is 1. The smallest absolute Gasteiger partial charge is 0.309 e. The quantitative estimate of drug-likeness (QED) is 0.489. The SMILES string of the molecule is CC1CCC(O)C1CCOC(=O)C1CCN(Cc2ccc3cc(OC4CCCCC4)ccc3n2)CC1. The van der Waals surface area contributed by atoms with E-state index in [1.54, 1.807) is 0 Å². The average molecular weight is 495 g/mol. The Morgan fingerprint density at radius 1 is 1.03 bits per heavy atom. The molecule has 2 saturated carbocycles. The number of aliphatic hydroxyl groups is 1. The van der Waals surface area contributed by atoms with Crippen molar-refractivity contribution < 1.29 is 19.4 Å². The van der Waals surface area contributed by atoms with Crippen molar-refractivity contribution in [2.45, 2.75) is 89.9 Å². The molecule has 0 bridgehead atoms. The summed E-state index contributed by atoms with van der Waals surface area (Å²) in [5, 5.41) is 11.2. The molecule has 6 heteroatoms. The van der Waals surface area contributed by atoms with Crippen molar-refractivity contribution in [1.29, 1.82) is 0 Å². The van der Waals surface area contributed by atoms with Gasteiger partial charge in [-0.25, -0.2) is 0 Å². The first-order valence-corrected chi connectivity index (χ1v) is 14.2. The van der Waals surface area contributed by atoms with Crippen LogP contribution >= 0.6 is 0 Å². The Hall–Kier alpha value is -2.18. The van der Waals surface area contributed by atoms with Gasteiger partial charge in [-0.1, -0.05) is 19.4 Å². The largest absolute Gasteiger partial charge is 0.490 e. The summed E-state index contributed by atoms with van der Waals surface area (Å²) >= 11 is 0. The minimum Gasteiger partial charge on any atom is -0.490 e. The Kier molecular flexibility index (Phi) is 8.43. The first-order valence-electron chi connectivity index (χ1n) is 14.2. The molecule has 6 nitrogen and oxygen atoms in total. The molecule has 1 saturated heterocycles. The standard InChI is InChI=1S/C30H42N2O4/c1-21-7-12-29(33)27(21)15-18-35-30(34)22-13-16-32(17-14-22)20-24-9-8-23-19-26(10-11-28(23)31-24)36-25-5-3-2-4-6-25/h8-11,19,21-22,25,27,29,33H,2-7,12-18,20H2,1H3. The van der Waals surface area contributed by atoms with Gasteiger partial charge < -0.3 is 14.6 Å². The van der Waals surface area contributed by atoms with Crippen molar-refractivity contribution in [3.8, 4) is 5.75 Å². The lowest BCUT2D eigenvalue weighted by molar-refractivity contribution is -0.151. The second-order valence-electron chi connectivity index (χ2n) is 11.3. The number of benzene rings is 1. The number of ether oxygens (including phenoxy) is 2. The van der Waals surface area contributed by atoms with Crippen LogP contribution in [0.25, 0.3) is 10.9 Å². The fourth-order valence-corrected chi connectivity index (χ4v) is 6.37. The van der Waals surface area contributed by atoms with Crippen LogP contribution in [-0.4, -0.2) is 52.9 Å². The molecule has 1 aromatic carbocycles. The van der Waals surface area contributed by atoms with Gasteiger partial charge in [0, 0.05) is 11.9 Å². The zero-order valence-electron chi connectivity index (χ0n) is 21.7. The van der Waals surface area contributed by atoms with Gasteiger partial charge in [0.2, 0.25) is 0 Å². The molecule has 0 radical (unpaired) electrons. The fourth-order valence-electron chi connectivity index (χ4n) is 6.37. The number of carbonyl (C=O) groups excluding carboxylic acids is 1. The Balaban J connectivity index is 1.07. The molecule has 1 aromatic heterocycles. The number of rotatable bonds is 8. The molecular formula is C30H42N2O4. The molecule has 0 spiro atoms. The number of piperidine rings is 1. The maximum atomic E-state index is 12.6. The molecule has 2 heterocycles. The summed E-state index contributed by atoms with van der Waals surface area (Å²) in [4.78, 5) is 19.9. The van der Waals surface area contributed by atoms with Crippen LogP contribution in [0.3, 0.4) is 0 Å². The lowest BCUT2D eigenvalue weighted by Crippen LogP contribution is -2.36. The summed E-state index contributed by atoms with van der Waals surface area (Å²) in [6, 6.07) is 10.5. The topological polar surface area (TPSA) is 71.9 Å². The lowest BCUT2D eigenvalue weighted by atomic mass is 9.93. The minimum atomic E-state index is -0.234. The minimum absolute atomic E-state index is 0.0145. The average Bonchev–Trinajstić information content (AvgIpc) is 3.22. The predicted octanol–water partition coefficient (Wildman–Crippen LogP) is 5.50. The number of hydrogen-bond donors (Lipinski definition) is 1. The highest BCUT2D eigenvalue weighted by Gasteiger charge is 2.32. The van der Waals surface area contributed by atoms with E-state index in [9.17, 15) is 9.90 Å². The van der Waals surface area contributed by atoms with Gasteiger partial charge >= 0.3 is 5.97 Å². The maximum absolute atomic E-state index is 12.6. The predicted molar refractivity (Wildman–Crippen MR) is 141 cm³/mol. The summed E-state index contributed by atoms with van der Waals surface area (Å²) in [5.74, 6) is 1.66. The number of esters is 1. The second-order valence-corrected chi connectivity index (χ2v) is 11.3. The summed E-state index contributed by atoms with van der Waals surface area (Å²) in [5.41, 5.74) is 2.07. The summed E-state index contributed by atoms with van der Waals surface area (Å²) in [7, 11) is 0. The van der Waals surface area contributed by atoms with Crippen LogP contribution in [-0.2, 0) is 16.1 Å². The van der Waals surface area contributed by atoms with Crippen LogP contribution in [0.1, 0.15) is 76.8 Å². The molecule has 3 atom stereocenters. The van der Waals surface area contributed by atoms with Crippen LogP contribution in [0.15, 0.2) is 30.3 Å². The number of pyridine rings is 1. The number of likely N-dealkylation sites (tertiary alicyclic amines) is 1. The van der Waals surface area contributed by atoms with Crippen LogP contribution in [0.4, 0.5) is 0 Å². The first kappa shape index (κ1) is 25.5. The fraction of sp³-hybridized carbons (Fsp3) is 0.667. The van der Waals surface area contributed by atoms with Gasteiger partial charge in [0.1, 0.15) is 5.75 Å². The highest BCUT2D eigenvalue weighted by Crippen LogP contribution is 2.34. The molecular weight excluding hydrogens is 452 g/mol. The van der Waals surface area contributed by atoms with Crippen molar-refractivity contribution in [2.24, 2.45) is 17.8 Å². The summed E-state index contributed by atoms with van der Waals surface area (Å²) in [6.07, 6.45) is 10.7. The van der Waals surface area contributed by atoms with Gasteiger partial charge in [-0.15, -0.1) is 0 Å². The number of hydrogen-bond acceptors (Lipinski definition) is 6. The van der Waals surface area contributed by atoms with E-state index in [0.717, 1.165) is 86.9 Å². The third-order valence-electron chi connectivity index (χ3n) is 8.72. The first-order chi connectivity index (χ1) is 17.5. The Morgan fingerprint density at radius 2 is 1.83 bits per heavy atom. The van der Waals surface area contributed by atoms with Crippen molar-refractivity contribution in [2.75, 3.05) is 19.7 Å². The second kappa shape index (κ2) is 11.9. The Morgan fingerprint density at radius 3 is 2.58 bits per heavy atom. The zero-order chi connectivity index (χ0) is 24.9. The highest BCUT2D eigenvalue weighted by atomic mass is 16.5. The Bertz CT molecular complexity index is 1000. The molecule has 2 aliphatic carbocycles. The van der Waals surface area contributed by atoms with E-state index >= 15 is 0 Å². The molecule has 36 heavy (non-hydrogen) atoms. The zero-order valence-corrected chi connectivity index (χ0v) is 21.7. The van der Waals surface area contributed by atoms with Crippen molar-refractivity contribution >= 4 is 16.9 Å². The van der Waals surface area contributed by atoms with E-state index in [0.29, 0.717) is 18.6 Å². The van der Waals surface area contributed by atoms with Gasteiger partial charge in [0.25, 0.3) is 0 Å². The number of fused-ring (bicyclic) bond motifs is 1. The number of aromatic nitrogens is 1. The molecule has 5 rings (SSSR count). The van der Waals surface area contributed by atoms with Gasteiger partial charge in [-0.3, -0.25) is 14.7 Å². The van der Waals surface area contributed by atoms with E-state index < -0.39 is 0 Å². The van der Waals surface area contributed by atoms with Crippen LogP contribution < -0.4 is 4.74 Å². The van der Waals surface area contributed by atoms with Crippen LogP contribution in [0.2, 0.25) is 0 Å². The van der Waals surface area contributed by atoms with Crippen molar-refractivity contribution in [3.63, 3.8) is 0 Å². The van der Waals surface area contributed by atoms with Crippen molar-refractivity contribution in [1.82, 2.24) is 9.88 Å². The van der Waals surface area contributed by atoms with Gasteiger partial charge in [-0.05, 0) is 107 Å². The van der Waals surface area contributed by atoms with E-state index in [1.165, 1.54) is 19.3 Å².